The number of fused-ring (bicyclic) bond motifs is 1. The van der Waals surface area contributed by atoms with Gasteiger partial charge in [-0.15, -0.1) is 23.1 Å². The van der Waals surface area contributed by atoms with Crippen molar-refractivity contribution in [2.75, 3.05) is 23.8 Å². The van der Waals surface area contributed by atoms with Crippen LogP contribution < -0.4 is 10.6 Å². The van der Waals surface area contributed by atoms with E-state index in [1.807, 2.05) is 45.0 Å². The van der Waals surface area contributed by atoms with Crippen molar-refractivity contribution in [3.63, 3.8) is 0 Å². The standard InChI is InChI=1S/C31H41N3O6S2/c1-6-39-29(37)25-23-15-16-34(30(38)40-31(3,4)5)18-24(23)42-28(25)33-26(35)19(2)41-22-14-10-13-21(17-22)32-27(36)20-11-8-7-9-12-20/h10,13-14,17,19-20H,6-9,11-12,15-16,18H2,1-5H3,(H,32,36)(H,33,35). The summed E-state index contributed by atoms with van der Waals surface area (Å²) in [5.74, 6) is -0.634. The second-order valence-electron chi connectivity index (χ2n) is 11.7. The third-order valence-corrected chi connectivity index (χ3v) is 9.41. The molecule has 0 bridgehead atoms. The number of carbonyl (C=O) groups is 4. The minimum Gasteiger partial charge on any atom is -0.462 e. The predicted octanol–water partition coefficient (Wildman–Crippen LogP) is 6.86. The van der Waals surface area contributed by atoms with Gasteiger partial charge < -0.3 is 25.0 Å². The van der Waals surface area contributed by atoms with E-state index >= 15 is 0 Å². The molecule has 2 aromatic rings. The average Bonchev–Trinajstić information content (AvgIpc) is 3.30. The van der Waals surface area contributed by atoms with Gasteiger partial charge in [-0.25, -0.2) is 9.59 Å². The van der Waals surface area contributed by atoms with Crippen molar-refractivity contribution in [3.05, 3.63) is 40.3 Å². The summed E-state index contributed by atoms with van der Waals surface area (Å²) in [5.41, 5.74) is 1.26. The minimum absolute atomic E-state index is 0.0565. The number of hydrogen-bond acceptors (Lipinski definition) is 8. The highest BCUT2D eigenvalue weighted by atomic mass is 32.2. The highest BCUT2D eigenvalue weighted by Gasteiger charge is 2.33. The Morgan fingerprint density at radius 2 is 1.86 bits per heavy atom. The molecule has 9 nitrogen and oxygen atoms in total. The molecule has 4 rings (SSSR count). The number of carbonyl (C=O) groups excluding carboxylic acids is 4. The van der Waals surface area contributed by atoms with Crippen LogP contribution in [-0.2, 0) is 32.0 Å². The van der Waals surface area contributed by atoms with Crippen LogP contribution in [0.1, 0.15) is 87.5 Å². The Labute approximate surface area is 256 Å². The molecular formula is C31H41N3O6S2. The maximum atomic E-state index is 13.3. The number of nitrogens with zero attached hydrogens (tertiary/aromatic N) is 1. The Bertz CT molecular complexity index is 1310. The van der Waals surface area contributed by atoms with Crippen LogP contribution in [0.25, 0.3) is 0 Å². The van der Waals surface area contributed by atoms with Crippen molar-refractivity contribution in [1.82, 2.24) is 4.90 Å². The maximum Gasteiger partial charge on any atom is 0.410 e. The van der Waals surface area contributed by atoms with Crippen LogP contribution in [0.15, 0.2) is 29.2 Å². The first-order valence-electron chi connectivity index (χ1n) is 14.6. The summed E-state index contributed by atoms with van der Waals surface area (Å²) in [5, 5.41) is 5.93. The molecule has 1 unspecified atom stereocenters. The zero-order valence-electron chi connectivity index (χ0n) is 25.0. The first kappa shape index (κ1) is 31.9. The zero-order valence-corrected chi connectivity index (χ0v) is 26.7. The summed E-state index contributed by atoms with van der Waals surface area (Å²) < 4.78 is 10.9. The van der Waals surface area contributed by atoms with Crippen molar-refractivity contribution < 1.29 is 28.7 Å². The summed E-state index contributed by atoms with van der Waals surface area (Å²) in [6.07, 6.45) is 5.27. The second-order valence-corrected chi connectivity index (χ2v) is 14.2. The lowest BCUT2D eigenvalue weighted by Crippen LogP contribution is -2.39. The highest BCUT2D eigenvalue weighted by molar-refractivity contribution is 8.00. The monoisotopic (exact) mass is 615 g/mol. The summed E-state index contributed by atoms with van der Waals surface area (Å²) in [7, 11) is 0. The van der Waals surface area contributed by atoms with E-state index in [1.165, 1.54) is 29.5 Å². The van der Waals surface area contributed by atoms with Crippen molar-refractivity contribution in [1.29, 1.82) is 0 Å². The lowest BCUT2D eigenvalue weighted by molar-refractivity contribution is -0.120. The molecule has 1 aromatic carbocycles. The molecule has 11 heteroatoms. The zero-order chi connectivity index (χ0) is 30.4. The average molecular weight is 616 g/mol. The number of nitrogens with one attached hydrogen (secondary N) is 2. The number of ether oxygens (including phenoxy) is 2. The van der Waals surface area contributed by atoms with Crippen LogP contribution in [0, 0.1) is 5.92 Å². The first-order chi connectivity index (χ1) is 19.9. The smallest absolute Gasteiger partial charge is 0.410 e. The number of thiophene rings is 1. The number of thioether (sulfide) groups is 1. The number of amides is 3. The fraction of sp³-hybridized carbons (Fsp3) is 0.548. The van der Waals surface area contributed by atoms with E-state index in [0.29, 0.717) is 35.8 Å². The quantitative estimate of drug-likeness (QED) is 0.246. The molecule has 0 radical (unpaired) electrons. The van der Waals surface area contributed by atoms with Crippen LogP contribution in [0.5, 0.6) is 0 Å². The Kier molecular flexibility index (Phi) is 10.6. The summed E-state index contributed by atoms with van der Waals surface area (Å²) in [6.45, 7) is 9.90. The maximum absolute atomic E-state index is 13.3. The molecule has 1 fully saturated rings. The number of rotatable bonds is 8. The van der Waals surface area contributed by atoms with Gasteiger partial charge in [-0.05, 0) is 77.6 Å². The molecular weight excluding hydrogens is 574 g/mol. The van der Waals surface area contributed by atoms with Gasteiger partial charge in [-0.2, -0.15) is 0 Å². The summed E-state index contributed by atoms with van der Waals surface area (Å²) in [6, 6.07) is 7.52. The van der Waals surface area contributed by atoms with E-state index in [9.17, 15) is 19.2 Å². The molecule has 3 amide bonds. The fourth-order valence-electron chi connectivity index (χ4n) is 5.12. The molecule has 1 aliphatic carbocycles. The van der Waals surface area contributed by atoms with Gasteiger partial charge in [0, 0.05) is 27.9 Å². The number of benzene rings is 1. The van der Waals surface area contributed by atoms with Crippen LogP contribution in [0.2, 0.25) is 0 Å². The van der Waals surface area contributed by atoms with Gasteiger partial charge in [0.05, 0.1) is 24.0 Å². The molecule has 2 aliphatic rings. The number of esters is 1. The SMILES string of the molecule is CCOC(=O)c1c(NC(=O)C(C)Sc2cccc(NC(=O)C3CCCCC3)c2)sc2c1CCN(C(=O)OC(C)(C)C)C2. The van der Waals surface area contributed by atoms with E-state index in [4.69, 9.17) is 9.47 Å². The Balaban J connectivity index is 1.44. The second kappa shape index (κ2) is 13.9. The van der Waals surface area contributed by atoms with E-state index in [1.54, 1.807) is 18.7 Å². The van der Waals surface area contributed by atoms with Gasteiger partial charge in [-0.3, -0.25) is 9.59 Å². The molecule has 42 heavy (non-hydrogen) atoms. The molecule has 2 N–H and O–H groups in total. The summed E-state index contributed by atoms with van der Waals surface area (Å²) >= 11 is 2.66. The van der Waals surface area contributed by atoms with Crippen molar-refractivity contribution >= 4 is 57.7 Å². The lowest BCUT2D eigenvalue weighted by atomic mass is 9.88. The summed E-state index contributed by atoms with van der Waals surface area (Å²) in [4.78, 5) is 55.0. The van der Waals surface area contributed by atoms with Gasteiger partial charge >= 0.3 is 12.1 Å². The minimum atomic E-state index is -0.615. The lowest BCUT2D eigenvalue weighted by Gasteiger charge is -2.30. The van der Waals surface area contributed by atoms with Gasteiger partial charge in [0.2, 0.25) is 11.8 Å². The Morgan fingerprint density at radius 3 is 2.55 bits per heavy atom. The van der Waals surface area contributed by atoms with E-state index < -0.39 is 22.9 Å². The molecule has 0 spiro atoms. The molecule has 0 saturated heterocycles. The van der Waals surface area contributed by atoms with Crippen LogP contribution in [0.3, 0.4) is 0 Å². The third kappa shape index (κ3) is 8.28. The van der Waals surface area contributed by atoms with Crippen LogP contribution in [0.4, 0.5) is 15.5 Å². The Hall–Kier alpha value is -3.05. The van der Waals surface area contributed by atoms with Gasteiger partial charge in [0.15, 0.2) is 0 Å². The van der Waals surface area contributed by atoms with Gasteiger partial charge in [0.25, 0.3) is 0 Å². The molecule has 1 saturated carbocycles. The van der Waals surface area contributed by atoms with Gasteiger partial charge in [-0.1, -0.05) is 25.3 Å². The number of hydrogen-bond donors (Lipinski definition) is 2. The Morgan fingerprint density at radius 1 is 1.12 bits per heavy atom. The largest absolute Gasteiger partial charge is 0.462 e. The molecule has 1 atom stereocenters. The molecule has 1 aliphatic heterocycles. The molecule has 1 aromatic heterocycles. The van der Waals surface area contributed by atoms with Crippen LogP contribution in [-0.4, -0.2) is 52.8 Å². The van der Waals surface area contributed by atoms with E-state index in [0.717, 1.165) is 41.0 Å². The van der Waals surface area contributed by atoms with Crippen molar-refractivity contribution in [3.8, 4) is 0 Å². The van der Waals surface area contributed by atoms with E-state index in [-0.39, 0.29) is 24.3 Å². The molecule has 228 valence electrons. The number of anilines is 2. The normalized spacial score (nSPS) is 16.3. The van der Waals surface area contributed by atoms with Crippen molar-refractivity contribution in [2.45, 2.75) is 95.4 Å². The first-order valence-corrected chi connectivity index (χ1v) is 16.3. The fourth-order valence-corrected chi connectivity index (χ4v) is 7.30. The predicted molar refractivity (Wildman–Crippen MR) is 166 cm³/mol. The van der Waals surface area contributed by atoms with Crippen LogP contribution >= 0.6 is 23.1 Å². The van der Waals surface area contributed by atoms with Crippen molar-refractivity contribution in [2.24, 2.45) is 5.92 Å². The third-order valence-electron chi connectivity index (χ3n) is 7.18. The van der Waals surface area contributed by atoms with E-state index in [2.05, 4.69) is 10.6 Å². The molecule has 2 heterocycles. The van der Waals surface area contributed by atoms with Gasteiger partial charge in [0.1, 0.15) is 10.6 Å². The highest BCUT2D eigenvalue weighted by Crippen LogP contribution is 2.39. The topological polar surface area (TPSA) is 114 Å².